The van der Waals surface area contributed by atoms with Crippen molar-refractivity contribution in [2.24, 2.45) is 0 Å². The molecule has 41 heavy (non-hydrogen) atoms. The van der Waals surface area contributed by atoms with E-state index in [0.29, 0.717) is 31.1 Å². The van der Waals surface area contributed by atoms with Gasteiger partial charge in [-0.15, -0.1) is 0 Å². The number of H-pyrrole nitrogens is 1. The number of rotatable bonds is 8. The molecule has 0 saturated heterocycles. The lowest BCUT2D eigenvalue weighted by Crippen LogP contribution is -2.50. The summed E-state index contributed by atoms with van der Waals surface area (Å²) in [7, 11) is 1.60. The normalized spacial score (nSPS) is 20.7. The Morgan fingerprint density at radius 3 is 2.73 bits per heavy atom. The Bertz CT molecular complexity index is 1540. The molecule has 1 fully saturated rings. The number of aromatic nitrogens is 6. The van der Waals surface area contributed by atoms with Gasteiger partial charge in [-0.1, -0.05) is 6.07 Å². The average molecular weight is 561 g/mol. The molecule has 0 unspecified atom stereocenters. The second-order valence-electron chi connectivity index (χ2n) is 10.8. The summed E-state index contributed by atoms with van der Waals surface area (Å²) in [6.07, 6.45) is 7.47. The first-order valence-electron chi connectivity index (χ1n) is 13.8. The van der Waals surface area contributed by atoms with Crippen molar-refractivity contribution >= 4 is 17.5 Å². The van der Waals surface area contributed by atoms with Crippen molar-refractivity contribution in [2.45, 2.75) is 63.5 Å². The average Bonchev–Trinajstić information content (AvgIpc) is 3.74. The Kier molecular flexibility index (Phi) is 7.16. The fourth-order valence-corrected chi connectivity index (χ4v) is 5.69. The van der Waals surface area contributed by atoms with Gasteiger partial charge in [-0.2, -0.15) is 10.2 Å². The number of hydrogen-bond donors (Lipinski definition) is 3. The summed E-state index contributed by atoms with van der Waals surface area (Å²) in [5.74, 6) is 2.37. The zero-order valence-corrected chi connectivity index (χ0v) is 23.3. The van der Waals surface area contributed by atoms with E-state index in [9.17, 15) is 9.18 Å². The fourth-order valence-electron chi connectivity index (χ4n) is 5.69. The van der Waals surface area contributed by atoms with Crippen LogP contribution < -0.4 is 15.4 Å². The van der Waals surface area contributed by atoms with E-state index in [4.69, 9.17) is 14.5 Å². The summed E-state index contributed by atoms with van der Waals surface area (Å²) in [6.45, 7) is 4.49. The quantitative estimate of drug-likeness (QED) is 0.288. The van der Waals surface area contributed by atoms with Gasteiger partial charge in [0.2, 0.25) is 0 Å². The minimum absolute atomic E-state index is 0.141. The largest absolute Gasteiger partial charge is 0.491 e. The van der Waals surface area contributed by atoms with E-state index in [2.05, 4.69) is 30.9 Å². The van der Waals surface area contributed by atoms with Crippen LogP contribution in [0.1, 0.15) is 67.1 Å². The van der Waals surface area contributed by atoms with Crippen molar-refractivity contribution in [3.05, 3.63) is 71.2 Å². The Hall–Kier alpha value is -4.32. The molecule has 1 saturated carbocycles. The Morgan fingerprint density at radius 1 is 1.24 bits per heavy atom. The standard InChI is InChI=1S/C29H33FN8O3/c1-17-12-24(37-36-17)34-23-13-20-8-11-41-27(20)26(35-23)19-6-9-29(40-3,10-7-19)28(39)33-18(2)21-4-5-25(31-14-21)38-16-22(30)15-32-38/h4-5,12-16,18-19H,6-11H2,1-3H3,(H,33,39)(H2,34,35,36,37)/t18-,19?,29?/m0/s1. The van der Waals surface area contributed by atoms with Crippen LogP contribution in [-0.4, -0.2) is 55.2 Å². The number of aryl methyl sites for hydroxylation is 1. The first-order valence-corrected chi connectivity index (χ1v) is 13.8. The van der Waals surface area contributed by atoms with Gasteiger partial charge in [0.15, 0.2) is 17.5 Å². The highest BCUT2D eigenvalue weighted by Crippen LogP contribution is 2.45. The van der Waals surface area contributed by atoms with E-state index in [1.54, 1.807) is 19.4 Å². The van der Waals surface area contributed by atoms with E-state index < -0.39 is 11.4 Å². The molecule has 4 aromatic heterocycles. The number of halogens is 1. The van der Waals surface area contributed by atoms with Crippen molar-refractivity contribution in [3.63, 3.8) is 0 Å². The molecule has 1 atom stereocenters. The van der Waals surface area contributed by atoms with Gasteiger partial charge in [0.1, 0.15) is 17.2 Å². The van der Waals surface area contributed by atoms with Gasteiger partial charge in [0.25, 0.3) is 5.91 Å². The molecule has 5 heterocycles. The molecule has 12 heteroatoms. The second-order valence-corrected chi connectivity index (χ2v) is 10.8. The summed E-state index contributed by atoms with van der Waals surface area (Å²) in [5, 5.41) is 17.6. The van der Waals surface area contributed by atoms with Crippen molar-refractivity contribution in [3.8, 4) is 11.6 Å². The molecule has 0 bridgehead atoms. The van der Waals surface area contributed by atoms with Crippen LogP contribution in [0.4, 0.5) is 16.0 Å². The zero-order chi connectivity index (χ0) is 28.6. The minimum Gasteiger partial charge on any atom is -0.491 e. The summed E-state index contributed by atoms with van der Waals surface area (Å²) < 4.78 is 26.6. The molecule has 1 aliphatic carbocycles. The maximum absolute atomic E-state index is 13.5. The number of pyridine rings is 2. The molecule has 0 spiro atoms. The molecule has 11 nitrogen and oxygen atoms in total. The minimum atomic E-state index is -0.933. The molecule has 2 aliphatic rings. The molecule has 0 aromatic carbocycles. The first kappa shape index (κ1) is 26.9. The Labute approximate surface area is 236 Å². The van der Waals surface area contributed by atoms with Gasteiger partial charge in [0, 0.05) is 43.0 Å². The zero-order valence-electron chi connectivity index (χ0n) is 23.3. The lowest BCUT2D eigenvalue weighted by molar-refractivity contribution is -0.148. The van der Waals surface area contributed by atoms with E-state index >= 15 is 0 Å². The number of anilines is 2. The van der Waals surface area contributed by atoms with Crippen LogP contribution in [0.25, 0.3) is 5.82 Å². The van der Waals surface area contributed by atoms with Crippen LogP contribution in [0, 0.1) is 12.7 Å². The monoisotopic (exact) mass is 560 g/mol. The number of methoxy groups -OCH3 is 1. The van der Waals surface area contributed by atoms with Gasteiger partial charge in [-0.25, -0.2) is 19.0 Å². The third-order valence-corrected chi connectivity index (χ3v) is 8.04. The van der Waals surface area contributed by atoms with E-state index in [-0.39, 0.29) is 17.9 Å². The highest BCUT2D eigenvalue weighted by atomic mass is 19.1. The maximum atomic E-state index is 13.5. The van der Waals surface area contributed by atoms with E-state index in [1.807, 2.05) is 32.0 Å². The van der Waals surface area contributed by atoms with Crippen LogP contribution in [-0.2, 0) is 16.0 Å². The molecule has 1 aliphatic heterocycles. The molecule has 3 N–H and O–H groups in total. The fraction of sp³-hybridized carbons (Fsp3) is 0.414. The molecule has 4 aromatic rings. The van der Waals surface area contributed by atoms with Crippen LogP contribution in [0.3, 0.4) is 0 Å². The predicted octanol–water partition coefficient (Wildman–Crippen LogP) is 4.43. The van der Waals surface area contributed by atoms with Crippen molar-refractivity contribution < 1.29 is 18.7 Å². The number of aromatic amines is 1. The third-order valence-electron chi connectivity index (χ3n) is 8.04. The number of ether oxygens (including phenoxy) is 2. The second kappa shape index (κ2) is 10.9. The van der Waals surface area contributed by atoms with Crippen LogP contribution >= 0.6 is 0 Å². The van der Waals surface area contributed by atoms with Gasteiger partial charge < -0.3 is 20.1 Å². The SMILES string of the molecule is COC1(C(=O)N[C@@H](C)c2ccc(-n3cc(F)cn3)nc2)CCC(c2nc(Nc3cc(C)[nH]n3)cc3c2OCC3)CC1. The van der Waals surface area contributed by atoms with Crippen LogP contribution in [0.5, 0.6) is 5.75 Å². The van der Waals surface area contributed by atoms with Crippen LogP contribution in [0.2, 0.25) is 0 Å². The summed E-state index contributed by atoms with van der Waals surface area (Å²) in [5.41, 5.74) is 2.92. The topological polar surface area (TPSA) is 132 Å². The molecular formula is C29H33FN8O3. The van der Waals surface area contributed by atoms with Crippen LogP contribution in [0.15, 0.2) is 42.9 Å². The molecule has 6 rings (SSSR count). The van der Waals surface area contributed by atoms with Gasteiger partial charge in [-0.05, 0) is 57.2 Å². The highest BCUT2D eigenvalue weighted by molar-refractivity contribution is 5.85. The van der Waals surface area contributed by atoms with Crippen molar-refractivity contribution in [2.75, 3.05) is 19.0 Å². The first-order chi connectivity index (χ1) is 19.8. The molecule has 214 valence electrons. The molecule has 1 amide bonds. The summed E-state index contributed by atoms with van der Waals surface area (Å²) >= 11 is 0. The maximum Gasteiger partial charge on any atom is 0.252 e. The lowest BCUT2D eigenvalue weighted by atomic mass is 9.76. The van der Waals surface area contributed by atoms with E-state index in [1.165, 1.54) is 10.9 Å². The summed E-state index contributed by atoms with van der Waals surface area (Å²) in [4.78, 5) is 22.9. The van der Waals surface area contributed by atoms with Gasteiger partial charge in [-0.3, -0.25) is 9.89 Å². The number of hydrogen-bond acceptors (Lipinski definition) is 8. The third kappa shape index (κ3) is 5.39. The van der Waals surface area contributed by atoms with Gasteiger partial charge in [0.05, 0.1) is 30.7 Å². The number of amides is 1. The van der Waals surface area contributed by atoms with Crippen molar-refractivity contribution in [1.29, 1.82) is 0 Å². The molecular weight excluding hydrogens is 527 g/mol. The number of carbonyl (C=O) groups excluding carboxylic acids is 1. The van der Waals surface area contributed by atoms with Crippen molar-refractivity contribution in [1.82, 2.24) is 35.3 Å². The number of carbonyl (C=O) groups is 1. The lowest BCUT2D eigenvalue weighted by Gasteiger charge is -2.38. The Morgan fingerprint density at radius 2 is 2.07 bits per heavy atom. The summed E-state index contributed by atoms with van der Waals surface area (Å²) in [6, 6.07) is 7.26. The predicted molar refractivity (Wildman–Crippen MR) is 149 cm³/mol. The number of nitrogens with one attached hydrogen (secondary N) is 3. The highest BCUT2D eigenvalue weighted by Gasteiger charge is 2.44. The Balaban J connectivity index is 1.13. The number of fused-ring (bicyclic) bond motifs is 1. The smallest absolute Gasteiger partial charge is 0.252 e. The molecule has 0 radical (unpaired) electrons. The van der Waals surface area contributed by atoms with Gasteiger partial charge >= 0.3 is 0 Å². The van der Waals surface area contributed by atoms with E-state index in [0.717, 1.165) is 59.5 Å². The number of nitrogens with zero attached hydrogens (tertiary/aromatic N) is 5.